The van der Waals surface area contributed by atoms with Gasteiger partial charge in [-0.2, -0.15) is 0 Å². The monoisotopic (exact) mass is 316 g/mol. The molecule has 0 unspecified atom stereocenters. The molecule has 106 valence electrons. The number of rotatable bonds is 4. The van der Waals surface area contributed by atoms with Crippen LogP contribution in [-0.4, -0.2) is 29.1 Å². The molecular formula is C10H9ClN4O4S. The van der Waals surface area contributed by atoms with Crippen molar-refractivity contribution in [3.8, 4) is 0 Å². The van der Waals surface area contributed by atoms with E-state index < -0.39 is 14.9 Å². The molecule has 1 aromatic carbocycles. The fraction of sp³-hybridized carbons (Fsp3) is 0.200. The summed E-state index contributed by atoms with van der Waals surface area (Å²) in [4.78, 5) is 18.0. The second kappa shape index (κ2) is 5.17. The highest BCUT2D eigenvalue weighted by Gasteiger charge is 2.15. The standard InChI is InChI=1S/C10H9ClN4O4S/c1-2-20(18,19)14-10-9(11)12-8-5-6(15(16)17)3-4-7(8)13-10/h3-5H,2H2,1H3,(H,13,14). The molecule has 0 aliphatic rings. The van der Waals surface area contributed by atoms with Crippen molar-refractivity contribution in [2.45, 2.75) is 6.92 Å². The normalized spacial score (nSPS) is 11.5. The summed E-state index contributed by atoms with van der Waals surface area (Å²) in [6.45, 7) is 1.47. The molecule has 8 nitrogen and oxygen atoms in total. The summed E-state index contributed by atoms with van der Waals surface area (Å²) in [6.07, 6.45) is 0. The van der Waals surface area contributed by atoms with E-state index >= 15 is 0 Å². The Bertz CT molecular complexity index is 793. The molecule has 0 spiro atoms. The molecule has 0 atom stereocenters. The summed E-state index contributed by atoms with van der Waals surface area (Å²) in [5, 5.41) is 10.5. The first-order valence-electron chi connectivity index (χ1n) is 5.44. The summed E-state index contributed by atoms with van der Waals surface area (Å²) < 4.78 is 25.1. The number of aromatic nitrogens is 2. The van der Waals surface area contributed by atoms with Gasteiger partial charge in [0.25, 0.3) is 5.69 Å². The average Bonchev–Trinajstić information content (AvgIpc) is 2.38. The molecule has 2 rings (SSSR count). The van der Waals surface area contributed by atoms with E-state index in [-0.39, 0.29) is 27.9 Å². The van der Waals surface area contributed by atoms with Crippen molar-refractivity contribution in [1.82, 2.24) is 9.97 Å². The van der Waals surface area contributed by atoms with Crippen LogP contribution in [0.15, 0.2) is 18.2 Å². The smallest absolute Gasteiger partial charge is 0.265 e. The summed E-state index contributed by atoms with van der Waals surface area (Å²) in [5.41, 5.74) is 0.363. The molecule has 1 N–H and O–H groups in total. The number of anilines is 1. The van der Waals surface area contributed by atoms with Crippen LogP contribution in [0.4, 0.5) is 11.5 Å². The summed E-state index contributed by atoms with van der Waals surface area (Å²) in [6, 6.07) is 3.84. The summed E-state index contributed by atoms with van der Waals surface area (Å²) in [7, 11) is -3.53. The number of nitrogens with zero attached hydrogens (tertiary/aromatic N) is 3. The fourth-order valence-corrected chi connectivity index (χ4v) is 2.24. The van der Waals surface area contributed by atoms with Crippen LogP contribution in [0, 0.1) is 10.1 Å². The van der Waals surface area contributed by atoms with Crippen LogP contribution in [0.1, 0.15) is 6.92 Å². The van der Waals surface area contributed by atoms with E-state index in [4.69, 9.17) is 11.6 Å². The van der Waals surface area contributed by atoms with Crippen molar-refractivity contribution in [2.75, 3.05) is 10.5 Å². The third-order valence-electron chi connectivity index (χ3n) is 2.45. The molecular weight excluding hydrogens is 308 g/mol. The maximum absolute atomic E-state index is 11.5. The lowest BCUT2D eigenvalue weighted by molar-refractivity contribution is -0.384. The fourth-order valence-electron chi connectivity index (χ4n) is 1.42. The highest BCUT2D eigenvalue weighted by atomic mass is 35.5. The Morgan fingerprint density at radius 1 is 1.35 bits per heavy atom. The molecule has 0 saturated carbocycles. The van der Waals surface area contributed by atoms with Crippen LogP contribution in [0.25, 0.3) is 11.0 Å². The number of halogens is 1. The Morgan fingerprint density at radius 3 is 2.65 bits per heavy atom. The highest BCUT2D eigenvalue weighted by molar-refractivity contribution is 7.92. The molecule has 0 aliphatic heterocycles. The lowest BCUT2D eigenvalue weighted by Gasteiger charge is -2.07. The SMILES string of the molecule is CCS(=O)(=O)Nc1nc2ccc([N+](=O)[O-])cc2nc1Cl. The maximum atomic E-state index is 11.5. The topological polar surface area (TPSA) is 115 Å². The number of non-ortho nitro benzene ring substituents is 1. The van der Waals surface area contributed by atoms with Crippen molar-refractivity contribution in [3.63, 3.8) is 0 Å². The van der Waals surface area contributed by atoms with Crippen LogP contribution in [0.2, 0.25) is 5.15 Å². The highest BCUT2D eigenvalue weighted by Crippen LogP contribution is 2.24. The van der Waals surface area contributed by atoms with E-state index in [1.807, 2.05) is 0 Å². The summed E-state index contributed by atoms with van der Waals surface area (Å²) >= 11 is 5.83. The van der Waals surface area contributed by atoms with Gasteiger partial charge in [0, 0.05) is 12.1 Å². The Balaban J connectivity index is 2.53. The van der Waals surface area contributed by atoms with Crippen molar-refractivity contribution in [1.29, 1.82) is 0 Å². The third-order valence-corrected chi connectivity index (χ3v) is 3.98. The first-order chi connectivity index (χ1) is 9.32. The minimum Gasteiger partial charge on any atom is -0.265 e. The van der Waals surface area contributed by atoms with Crippen molar-refractivity contribution < 1.29 is 13.3 Å². The van der Waals surface area contributed by atoms with E-state index in [9.17, 15) is 18.5 Å². The minimum absolute atomic E-state index is 0.102. The molecule has 20 heavy (non-hydrogen) atoms. The second-order valence-corrected chi connectivity index (χ2v) is 6.17. The molecule has 0 radical (unpaired) electrons. The van der Waals surface area contributed by atoms with Crippen molar-refractivity contribution in [2.24, 2.45) is 0 Å². The van der Waals surface area contributed by atoms with Crippen LogP contribution in [0.5, 0.6) is 0 Å². The van der Waals surface area contributed by atoms with E-state index in [2.05, 4.69) is 14.7 Å². The molecule has 0 amide bonds. The van der Waals surface area contributed by atoms with E-state index in [0.717, 1.165) is 0 Å². The first-order valence-corrected chi connectivity index (χ1v) is 7.47. The number of nitro groups is 1. The minimum atomic E-state index is -3.53. The quantitative estimate of drug-likeness (QED) is 0.681. The van der Waals surface area contributed by atoms with Crippen LogP contribution >= 0.6 is 11.6 Å². The first kappa shape index (κ1) is 14.4. The van der Waals surface area contributed by atoms with E-state index in [0.29, 0.717) is 5.52 Å². The molecule has 1 heterocycles. The van der Waals surface area contributed by atoms with Gasteiger partial charge in [0.05, 0.1) is 21.7 Å². The van der Waals surface area contributed by atoms with Gasteiger partial charge in [-0.1, -0.05) is 11.6 Å². The van der Waals surface area contributed by atoms with Crippen molar-refractivity contribution >= 4 is 44.2 Å². The van der Waals surface area contributed by atoms with Gasteiger partial charge in [-0.25, -0.2) is 18.4 Å². The van der Waals surface area contributed by atoms with Gasteiger partial charge < -0.3 is 0 Å². The van der Waals surface area contributed by atoms with Gasteiger partial charge in [0.1, 0.15) is 0 Å². The van der Waals surface area contributed by atoms with Crippen LogP contribution in [-0.2, 0) is 10.0 Å². The summed E-state index contributed by atoms with van der Waals surface area (Å²) in [5.74, 6) is -0.238. The average molecular weight is 317 g/mol. The zero-order valence-electron chi connectivity index (χ0n) is 10.2. The van der Waals surface area contributed by atoms with E-state index in [1.165, 1.54) is 25.1 Å². The Morgan fingerprint density at radius 2 is 2.05 bits per heavy atom. The number of nitro benzene ring substituents is 1. The predicted octanol–water partition coefficient (Wildman–Crippen LogP) is 1.95. The lowest BCUT2D eigenvalue weighted by atomic mass is 10.2. The Hall–Kier alpha value is -2.00. The van der Waals surface area contributed by atoms with Gasteiger partial charge in [-0.15, -0.1) is 0 Å². The molecule has 0 aliphatic carbocycles. The second-order valence-electron chi connectivity index (χ2n) is 3.80. The molecule has 0 saturated heterocycles. The number of hydrogen-bond acceptors (Lipinski definition) is 6. The van der Waals surface area contributed by atoms with Crippen LogP contribution < -0.4 is 4.72 Å². The molecule has 0 bridgehead atoms. The number of nitrogens with one attached hydrogen (secondary N) is 1. The zero-order valence-corrected chi connectivity index (χ0v) is 11.8. The molecule has 1 aromatic heterocycles. The molecule has 2 aromatic rings. The zero-order chi connectivity index (χ0) is 14.9. The van der Waals surface area contributed by atoms with Crippen molar-refractivity contribution in [3.05, 3.63) is 33.5 Å². The van der Waals surface area contributed by atoms with Crippen LogP contribution in [0.3, 0.4) is 0 Å². The number of fused-ring (bicyclic) bond motifs is 1. The number of hydrogen-bond donors (Lipinski definition) is 1. The predicted molar refractivity (Wildman–Crippen MR) is 74.3 cm³/mol. The van der Waals surface area contributed by atoms with Gasteiger partial charge in [0.15, 0.2) is 11.0 Å². The molecule has 10 heteroatoms. The van der Waals surface area contributed by atoms with Gasteiger partial charge in [-0.3, -0.25) is 14.8 Å². The van der Waals surface area contributed by atoms with E-state index in [1.54, 1.807) is 0 Å². The maximum Gasteiger partial charge on any atom is 0.271 e. The van der Waals surface area contributed by atoms with Gasteiger partial charge in [0.2, 0.25) is 10.0 Å². The lowest BCUT2D eigenvalue weighted by Crippen LogP contribution is -2.16. The molecule has 0 fully saturated rings. The van der Waals surface area contributed by atoms with Gasteiger partial charge in [-0.05, 0) is 13.0 Å². The number of benzene rings is 1. The Kier molecular flexibility index (Phi) is 3.73. The van der Waals surface area contributed by atoms with Gasteiger partial charge >= 0.3 is 0 Å². The number of sulfonamides is 1. The largest absolute Gasteiger partial charge is 0.271 e. The third kappa shape index (κ3) is 2.94. The Labute approximate surface area is 119 Å².